The standard InChI is InChI=1S/C13H24N4O3/c1-2-16-5-3-4-10(8-16)15-13(19)17-6-7-20-11(9-17)12(14)18/h10-11H,2-9H2,1H3,(H2,14,18)(H,15,19). The van der Waals surface area contributed by atoms with Crippen molar-refractivity contribution < 1.29 is 14.3 Å². The number of morpholine rings is 1. The maximum Gasteiger partial charge on any atom is 0.317 e. The minimum absolute atomic E-state index is 0.123. The Morgan fingerprint density at radius 2 is 2.15 bits per heavy atom. The average Bonchev–Trinajstić information content (AvgIpc) is 2.47. The lowest BCUT2D eigenvalue weighted by molar-refractivity contribution is -0.133. The van der Waals surface area contributed by atoms with E-state index in [-0.39, 0.29) is 18.6 Å². The van der Waals surface area contributed by atoms with Crippen LogP contribution < -0.4 is 11.1 Å². The number of nitrogens with two attached hydrogens (primary N) is 1. The molecule has 2 fully saturated rings. The van der Waals surface area contributed by atoms with E-state index in [4.69, 9.17) is 10.5 Å². The highest BCUT2D eigenvalue weighted by atomic mass is 16.5. The molecule has 2 saturated heterocycles. The summed E-state index contributed by atoms with van der Waals surface area (Å²) in [6, 6.07) is 0.0635. The van der Waals surface area contributed by atoms with Gasteiger partial charge in [-0.05, 0) is 25.9 Å². The van der Waals surface area contributed by atoms with Crippen molar-refractivity contribution in [3.63, 3.8) is 0 Å². The lowest BCUT2D eigenvalue weighted by Gasteiger charge is -2.36. The van der Waals surface area contributed by atoms with Crippen LogP contribution in [0.3, 0.4) is 0 Å². The van der Waals surface area contributed by atoms with Gasteiger partial charge < -0.3 is 25.6 Å². The monoisotopic (exact) mass is 284 g/mol. The Bertz CT molecular complexity index is 364. The van der Waals surface area contributed by atoms with Crippen molar-refractivity contribution in [3.05, 3.63) is 0 Å². The van der Waals surface area contributed by atoms with E-state index >= 15 is 0 Å². The number of hydrogen-bond donors (Lipinski definition) is 2. The van der Waals surface area contributed by atoms with Crippen molar-refractivity contribution in [2.45, 2.75) is 31.9 Å². The fourth-order valence-corrected chi connectivity index (χ4v) is 2.73. The predicted octanol–water partition coefficient (Wildman–Crippen LogP) is -0.634. The van der Waals surface area contributed by atoms with E-state index in [9.17, 15) is 9.59 Å². The van der Waals surface area contributed by atoms with Crippen LogP contribution >= 0.6 is 0 Å². The molecule has 0 aromatic rings. The van der Waals surface area contributed by atoms with Gasteiger partial charge in [-0.3, -0.25) is 4.79 Å². The second kappa shape index (κ2) is 6.90. The molecule has 0 aromatic heterocycles. The van der Waals surface area contributed by atoms with Gasteiger partial charge in [0.25, 0.3) is 0 Å². The van der Waals surface area contributed by atoms with E-state index in [2.05, 4.69) is 17.1 Å². The van der Waals surface area contributed by atoms with Gasteiger partial charge in [0.2, 0.25) is 5.91 Å². The molecule has 114 valence electrons. The molecule has 0 aliphatic carbocycles. The van der Waals surface area contributed by atoms with E-state index in [0.717, 1.165) is 32.5 Å². The smallest absolute Gasteiger partial charge is 0.317 e. The van der Waals surface area contributed by atoms with Gasteiger partial charge in [0.05, 0.1) is 13.2 Å². The summed E-state index contributed by atoms with van der Waals surface area (Å²) >= 11 is 0. The molecule has 2 heterocycles. The van der Waals surface area contributed by atoms with Crippen molar-refractivity contribution in [2.75, 3.05) is 39.3 Å². The maximum atomic E-state index is 12.2. The number of ether oxygens (including phenoxy) is 1. The first-order chi connectivity index (χ1) is 9.60. The number of likely N-dealkylation sites (tertiary alicyclic amines) is 1. The van der Waals surface area contributed by atoms with Crippen LogP contribution in [0, 0.1) is 0 Å². The van der Waals surface area contributed by atoms with E-state index in [1.165, 1.54) is 0 Å². The van der Waals surface area contributed by atoms with E-state index < -0.39 is 12.0 Å². The Morgan fingerprint density at radius 1 is 1.35 bits per heavy atom. The number of rotatable bonds is 3. The number of likely N-dealkylation sites (N-methyl/N-ethyl adjacent to an activating group) is 1. The molecule has 0 radical (unpaired) electrons. The van der Waals surface area contributed by atoms with E-state index in [1.807, 2.05) is 0 Å². The molecule has 2 aliphatic rings. The molecule has 3 amide bonds. The highest BCUT2D eigenvalue weighted by Gasteiger charge is 2.29. The van der Waals surface area contributed by atoms with E-state index in [0.29, 0.717) is 13.2 Å². The predicted molar refractivity (Wildman–Crippen MR) is 74.2 cm³/mol. The highest BCUT2D eigenvalue weighted by Crippen LogP contribution is 2.11. The molecule has 2 rings (SSSR count). The molecule has 3 N–H and O–H groups in total. The van der Waals surface area contributed by atoms with Crippen molar-refractivity contribution in [1.82, 2.24) is 15.1 Å². The zero-order valence-corrected chi connectivity index (χ0v) is 12.0. The third kappa shape index (κ3) is 3.83. The Balaban J connectivity index is 1.83. The zero-order valence-electron chi connectivity index (χ0n) is 12.0. The molecule has 7 heteroatoms. The minimum Gasteiger partial charge on any atom is -0.367 e. The highest BCUT2D eigenvalue weighted by molar-refractivity contribution is 5.81. The minimum atomic E-state index is -0.687. The first-order valence-corrected chi connectivity index (χ1v) is 7.29. The third-order valence-corrected chi connectivity index (χ3v) is 3.95. The third-order valence-electron chi connectivity index (χ3n) is 3.95. The summed E-state index contributed by atoms with van der Waals surface area (Å²) in [6.45, 7) is 6.23. The van der Waals surface area contributed by atoms with Gasteiger partial charge in [0, 0.05) is 19.1 Å². The number of urea groups is 1. The number of nitrogens with one attached hydrogen (secondary N) is 1. The largest absolute Gasteiger partial charge is 0.367 e. The Hall–Kier alpha value is -1.34. The van der Waals surface area contributed by atoms with Crippen molar-refractivity contribution >= 4 is 11.9 Å². The van der Waals surface area contributed by atoms with Crippen LogP contribution in [0.1, 0.15) is 19.8 Å². The molecule has 0 aromatic carbocycles. The van der Waals surface area contributed by atoms with Gasteiger partial charge in [-0.1, -0.05) is 6.92 Å². The summed E-state index contributed by atoms with van der Waals surface area (Å²) in [5, 5.41) is 3.05. The van der Waals surface area contributed by atoms with Crippen LogP contribution in [0.15, 0.2) is 0 Å². The lowest BCUT2D eigenvalue weighted by atomic mass is 10.1. The number of nitrogens with zero attached hydrogens (tertiary/aromatic N) is 2. The first kappa shape index (κ1) is 15.1. The van der Waals surface area contributed by atoms with Crippen LogP contribution in [0.2, 0.25) is 0 Å². The zero-order chi connectivity index (χ0) is 14.5. The van der Waals surface area contributed by atoms with Gasteiger partial charge >= 0.3 is 6.03 Å². The number of carbonyl (C=O) groups is 2. The molecule has 0 bridgehead atoms. The lowest BCUT2D eigenvalue weighted by Crippen LogP contribution is -2.56. The normalized spacial score (nSPS) is 28.1. The molecule has 7 nitrogen and oxygen atoms in total. The Morgan fingerprint density at radius 3 is 2.85 bits per heavy atom. The van der Waals surface area contributed by atoms with Crippen LogP contribution in [-0.2, 0) is 9.53 Å². The summed E-state index contributed by atoms with van der Waals surface area (Å²) in [7, 11) is 0. The fraction of sp³-hybridized carbons (Fsp3) is 0.846. The number of primary amides is 1. The molecular formula is C13H24N4O3. The van der Waals surface area contributed by atoms with Crippen LogP contribution in [-0.4, -0.2) is 73.2 Å². The molecule has 2 aliphatic heterocycles. The SMILES string of the molecule is CCN1CCCC(NC(=O)N2CCOC(C(N)=O)C2)C1. The van der Waals surface area contributed by atoms with Gasteiger partial charge in [0.1, 0.15) is 0 Å². The summed E-state index contributed by atoms with van der Waals surface area (Å²) in [4.78, 5) is 27.3. The Labute approximate surface area is 119 Å². The van der Waals surface area contributed by atoms with Crippen LogP contribution in [0.25, 0.3) is 0 Å². The average molecular weight is 284 g/mol. The van der Waals surface area contributed by atoms with Crippen LogP contribution in [0.4, 0.5) is 4.79 Å². The summed E-state index contributed by atoms with van der Waals surface area (Å²) < 4.78 is 5.24. The number of hydrogen-bond acceptors (Lipinski definition) is 4. The topological polar surface area (TPSA) is 87.9 Å². The second-order valence-corrected chi connectivity index (χ2v) is 5.39. The molecule has 0 saturated carbocycles. The molecule has 2 atom stereocenters. The van der Waals surface area contributed by atoms with Gasteiger partial charge in [-0.2, -0.15) is 0 Å². The van der Waals surface area contributed by atoms with Gasteiger partial charge in [-0.15, -0.1) is 0 Å². The van der Waals surface area contributed by atoms with Gasteiger partial charge in [-0.25, -0.2) is 4.79 Å². The van der Waals surface area contributed by atoms with Crippen molar-refractivity contribution in [1.29, 1.82) is 0 Å². The maximum absolute atomic E-state index is 12.2. The summed E-state index contributed by atoms with van der Waals surface area (Å²) in [6.07, 6.45) is 1.42. The molecule has 0 spiro atoms. The summed E-state index contributed by atoms with van der Waals surface area (Å²) in [5.74, 6) is -0.516. The number of amides is 3. The summed E-state index contributed by atoms with van der Waals surface area (Å²) in [5.41, 5.74) is 5.22. The number of carbonyl (C=O) groups excluding carboxylic acids is 2. The first-order valence-electron chi connectivity index (χ1n) is 7.29. The second-order valence-electron chi connectivity index (χ2n) is 5.39. The van der Waals surface area contributed by atoms with Crippen molar-refractivity contribution in [2.24, 2.45) is 5.73 Å². The molecule has 20 heavy (non-hydrogen) atoms. The number of piperidine rings is 1. The van der Waals surface area contributed by atoms with E-state index in [1.54, 1.807) is 4.90 Å². The van der Waals surface area contributed by atoms with Gasteiger partial charge in [0.15, 0.2) is 6.10 Å². The quantitative estimate of drug-likeness (QED) is 0.722. The molecular weight excluding hydrogens is 260 g/mol. The fourth-order valence-electron chi connectivity index (χ4n) is 2.73. The Kier molecular flexibility index (Phi) is 5.19. The van der Waals surface area contributed by atoms with Crippen LogP contribution in [0.5, 0.6) is 0 Å². The van der Waals surface area contributed by atoms with Crippen molar-refractivity contribution in [3.8, 4) is 0 Å². The molecule has 2 unspecified atom stereocenters.